The third-order valence-electron chi connectivity index (χ3n) is 11.4. The maximum absolute atomic E-state index is 2.59. The second-order valence-electron chi connectivity index (χ2n) is 14.3. The molecule has 7 aromatic rings. The highest BCUT2D eigenvalue weighted by molar-refractivity contribution is 7.00. The Morgan fingerprint density at radius 2 is 1.00 bits per heavy atom. The Balaban J connectivity index is 1.30. The van der Waals surface area contributed by atoms with Gasteiger partial charge in [-0.3, -0.25) is 0 Å². The predicted molar refractivity (Wildman–Crippen MR) is 217 cm³/mol. The van der Waals surface area contributed by atoms with Crippen molar-refractivity contribution in [2.75, 3.05) is 9.80 Å². The van der Waals surface area contributed by atoms with Crippen molar-refractivity contribution in [2.24, 2.45) is 0 Å². The summed E-state index contributed by atoms with van der Waals surface area (Å²) in [5, 5.41) is 0. The van der Waals surface area contributed by atoms with Crippen LogP contribution in [0.5, 0.6) is 0 Å². The molecule has 1 saturated carbocycles. The lowest BCUT2D eigenvalue weighted by Gasteiger charge is -2.45. The summed E-state index contributed by atoms with van der Waals surface area (Å²) in [6.07, 6.45) is 6.45. The molecule has 1 fully saturated rings. The first-order valence-corrected chi connectivity index (χ1v) is 18.6. The van der Waals surface area contributed by atoms with Crippen molar-refractivity contribution in [1.29, 1.82) is 0 Å². The van der Waals surface area contributed by atoms with E-state index in [-0.39, 0.29) is 6.71 Å². The normalized spacial score (nSPS) is 14.9. The number of benzene rings is 7. The van der Waals surface area contributed by atoms with Gasteiger partial charge in [0.2, 0.25) is 0 Å². The van der Waals surface area contributed by atoms with Crippen LogP contribution >= 0.6 is 0 Å². The third-order valence-corrected chi connectivity index (χ3v) is 11.4. The quantitative estimate of drug-likeness (QED) is 0.170. The van der Waals surface area contributed by atoms with Crippen molar-refractivity contribution in [2.45, 2.75) is 38.0 Å². The molecule has 1 aliphatic carbocycles. The number of fused-ring (bicyclic) bond motifs is 4. The van der Waals surface area contributed by atoms with Gasteiger partial charge in [-0.2, -0.15) is 0 Å². The molecule has 0 bridgehead atoms. The highest BCUT2D eigenvalue weighted by Crippen LogP contribution is 2.48. The lowest BCUT2D eigenvalue weighted by molar-refractivity contribution is 0.444. The standard InChI is InChI=1S/C48H39BN2/c1-5-17-34(18-6-1)37-29-30-45-42(31-37)49-41-26-14-16-28-44(41)51(43-27-15-13-25-40(43)36-21-9-3-10-22-36)47-33-38(35-19-7-2-8-20-35)32-46(48(47)49)50(45)39-23-11-4-12-24-39/h1,3-6,9-18,21-33,35H,2,7-8,19-20H2. The fourth-order valence-corrected chi connectivity index (χ4v) is 9.10. The molecule has 0 spiro atoms. The molecule has 0 saturated heterocycles. The number of para-hydroxylation sites is 3. The Morgan fingerprint density at radius 1 is 0.412 bits per heavy atom. The SMILES string of the molecule is c1ccc(-c2ccc3c(c2)B2c4ccccc4N(c4ccccc4-c4ccccc4)c4cc(C5CCCCC5)cc(c42)N3c2ccccc2)cc1. The third kappa shape index (κ3) is 5.02. The number of rotatable bonds is 5. The number of anilines is 6. The molecule has 0 radical (unpaired) electrons. The molecule has 0 atom stereocenters. The van der Waals surface area contributed by atoms with E-state index in [0.717, 1.165) is 0 Å². The van der Waals surface area contributed by atoms with Gasteiger partial charge < -0.3 is 9.80 Å². The van der Waals surface area contributed by atoms with Crippen molar-refractivity contribution >= 4 is 57.2 Å². The second kappa shape index (κ2) is 12.5. The molecule has 10 rings (SSSR count). The first kappa shape index (κ1) is 30.1. The van der Waals surface area contributed by atoms with Gasteiger partial charge in [-0.1, -0.05) is 147 Å². The minimum absolute atomic E-state index is 0.0883. The summed E-state index contributed by atoms with van der Waals surface area (Å²) in [4.78, 5) is 5.15. The lowest BCUT2D eigenvalue weighted by atomic mass is 9.33. The van der Waals surface area contributed by atoms with Crippen LogP contribution < -0.4 is 26.2 Å². The summed E-state index contributed by atoms with van der Waals surface area (Å²) in [6.45, 7) is 0.0883. The van der Waals surface area contributed by atoms with E-state index in [4.69, 9.17) is 0 Å². The summed E-state index contributed by atoms with van der Waals surface area (Å²) in [6, 6.07) is 63.2. The van der Waals surface area contributed by atoms with Crippen molar-refractivity contribution in [3.8, 4) is 22.3 Å². The van der Waals surface area contributed by atoms with Crippen LogP contribution in [0.1, 0.15) is 43.6 Å². The summed E-state index contributed by atoms with van der Waals surface area (Å²) in [5.74, 6) is 0.557. The van der Waals surface area contributed by atoms with Crippen molar-refractivity contribution < 1.29 is 0 Å². The van der Waals surface area contributed by atoms with Crippen LogP contribution in [0.15, 0.2) is 170 Å². The van der Waals surface area contributed by atoms with Gasteiger partial charge in [-0.25, -0.2) is 0 Å². The molecule has 51 heavy (non-hydrogen) atoms. The second-order valence-corrected chi connectivity index (χ2v) is 14.3. The average molecular weight is 655 g/mol. The zero-order chi connectivity index (χ0) is 33.7. The van der Waals surface area contributed by atoms with Crippen LogP contribution in [0.2, 0.25) is 0 Å². The largest absolute Gasteiger partial charge is 0.311 e. The molecule has 0 N–H and O–H groups in total. The Morgan fingerprint density at radius 3 is 1.75 bits per heavy atom. The average Bonchev–Trinajstić information content (AvgIpc) is 3.21. The molecule has 0 unspecified atom stereocenters. The van der Waals surface area contributed by atoms with E-state index in [2.05, 4.69) is 180 Å². The van der Waals surface area contributed by atoms with E-state index in [1.165, 1.54) is 110 Å². The van der Waals surface area contributed by atoms with E-state index in [9.17, 15) is 0 Å². The molecule has 244 valence electrons. The van der Waals surface area contributed by atoms with Gasteiger partial charge in [0.15, 0.2) is 0 Å². The van der Waals surface area contributed by atoms with Crippen LogP contribution in [0, 0.1) is 0 Å². The van der Waals surface area contributed by atoms with E-state index < -0.39 is 0 Å². The van der Waals surface area contributed by atoms with Crippen LogP contribution in [0.4, 0.5) is 34.1 Å². The van der Waals surface area contributed by atoms with Crippen LogP contribution in [0.3, 0.4) is 0 Å². The van der Waals surface area contributed by atoms with Crippen LogP contribution in [-0.4, -0.2) is 6.71 Å². The molecule has 2 heterocycles. The highest BCUT2D eigenvalue weighted by atomic mass is 15.2. The fourth-order valence-electron chi connectivity index (χ4n) is 9.10. The number of nitrogens with zero attached hydrogens (tertiary/aromatic N) is 2. The van der Waals surface area contributed by atoms with Gasteiger partial charge in [0.25, 0.3) is 6.71 Å². The van der Waals surface area contributed by atoms with E-state index in [1.807, 2.05) is 0 Å². The lowest BCUT2D eigenvalue weighted by Crippen LogP contribution is -2.61. The number of hydrogen-bond acceptors (Lipinski definition) is 2. The van der Waals surface area contributed by atoms with Crippen molar-refractivity contribution in [3.63, 3.8) is 0 Å². The Bertz CT molecular complexity index is 2360. The molecule has 7 aromatic carbocycles. The topological polar surface area (TPSA) is 6.48 Å². The van der Waals surface area contributed by atoms with Gasteiger partial charge >= 0.3 is 0 Å². The summed E-state index contributed by atoms with van der Waals surface area (Å²) in [5.41, 5.74) is 18.1. The van der Waals surface area contributed by atoms with Gasteiger partial charge in [0, 0.05) is 34.0 Å². The smallest absolute Gasteiger partial charge is 0.252 e. The van der Waals surface area contributed by atoms with Gasteiger partial charge in [-0.05, 0) is 99.9 Å². The van der Waals surface area contributed by atoms with E-state index in [0.29, 0.717) is 5.92 Å². The Hall–Kier alpha value is -5.80. The zero-order valence-electron chi connectivity index (χ0n) is 28.8. The fraction of sp³-hybridized carbons (Fsp3) is 0.125. The molecule has 2 aliphatic heterocycles. The summed E-state index contributed by atoms with van der Waals surface area (Å²) in [7, 11) is 0. The van der Waals surface area contributed by atoms with Crippen LogP contribution in [0.25, 0.3) is 22.3 Å². The van der Waals surface area contributed by atoms with Gasteiger partial charge in [0.05, 0.1) is 5.69 Å². The molecule has 2 nitrogen and oxygen atoms in total. The van der Waals surface area contributed by atoms with E-state index in [1.54, 1.807) is 0 Å². The first-order chi connectivity index (χ1) is 25.3. The minimum atomic E-state index is 0.0883. The molecule has 0 aromatic heterocycles. The van der Waals surface area contributed by atoms with Crippen LogP contribution in [-0.2, 0) is 0 Å². The molecule has 0 amide bonds. The number of hydrogen-bond donors (Lipinski definition) is 0. The molecule has 3 heteroatoms. The highest BCUT2D eigenvalue weighted by Gasteiger charge is 2.44. The minimum Gasteiger partial charge on any atom is -0.311 e. The zero-order valence-corrected chi connectivity index (χ0v) is 28.8. The monoisotopic (exact) mass is 654 g/mol. The van der Waals surface area contributed by atoms with Gasteiger partial charge in [0.1, 0.15) is 0 Å². The molecular weight excluding hydrogens is 615 g/mol. The van der Waals surface area contributed by atoms with Gasteiger partial charge in [-0.15, -0.1) is 0 Å². The Labute approximate surface area is 301 Å². The van der Waals surface area contributed by atoms with Crippen molar-refractivity contribution in [1.82, 2.24) is 0 Å². The Kier molecular flexibility index (Phi) is 7.38. The molecular formula is C48H39BN2. The van der Waals surface area contributed by atoms with Crippen molar-refractivity contribution in [3.05, 3.63) is 175 Å². The maximum atomic E-state index is 2.59. The first-order valence-electron chi connectivity index (χ1n) is 18.6. The maximum Gasteiger partial charge on any atom is 0.252 e. The summed E-state index contributed by atoms with van der Waals surface area (Å²) < 4.78 is 0. The summed E-state index contributed by atoms with van der Waals surface area (Å²) >= 11 is 0. The van der Waals surface area contributed by atoms with E-state index >= 15 is 0 Å². The predicted octanol–water partition coefficient (Wildman–Crippen LogP) is 11.2. The molecule has 3 aliphatic rings.